The van der Waals surface area contributed by atoms with Crippen molar-refractivity contribution in [1.82, 2.24) is 4.98 Å². The van der Waals surface area contributed by atoms with Gasteiger partial charge in [0.25, 0.3) is 0 Å². The maximum absolute atomic E-state index is 8.88. The zero-order valence-electron chi connectivity index (χ0n) is 8.76. The molecule has 1 fully saturated rings. The number of hydrogen-bond acceptors (Lipinski definition) is 4. The van der Waals surface area contributed by atoms with Gasteiger partial charge in [-0.1, -0.05) is 0 Å². The SMILES string of the molecule is Nc1cncc(N2CCC(CCO)C2)c1. The average molecular weight is 207 g/mol. The summed E-state index contributed by atoms with van der Waals surface area (Å²) in [4.78, 5) is 6.37. The Balaban J connectivity index is 2.01. The van der Waals surface area contributed by atoms with Crippen LogP contribution in [0.1, 0.15) is 12.8 Å². The average Bonchev–Trinajstić information content (AvgIpc) is 2.67. The fourth-order valence-electron chi connectivity index (χ4n) is 2.10. The fraction of sp³-hybridized carbons (Fsp3) is 0.545. The molecule has 1 unspecified atom stereocenters. The van der Waals surface area contributed by atoms with Gasteiger partial charge in [0.05, 0.1) is 17.6 Å². The van der Waals surface area contributed by atoms with Gasteiger partial charge < -0.3 is 15.7 Å². The Morgan fingerprint density at radius 2 is 2.40 bits per heavy atom. The van der Waals surface area contributed by atoms with Crippen molar-refractivity contribution in [2.24, 2.45) is 5.92 Å². The van der Waals surface area contributed by atoms with Crippen LogP contribution < -0.4 is 10.6 Å². The lowest BCUT2D eigenvalue weighted by atomic mass is 10.1. The summed E-state index contributed by atoms with van der Waals surface area (Å²) in [6.07, 6.45) is 5.55. The standard InChI is InChI=1S/C11H17N3O/c12-10-5-11(7-13-6-10)14-3-1-9(8-14)2-4-15/h5-7,9,15H,1-4,8,12H2. The van der Waals surface area contributed by atoms with E-state index < -0.39 is 0 Å². The minimum atomic E-state index is 0.285. The molecule has 0 radical (unpaired) electrons. The molecule has 1 aliphatic heterocycles. The van der Waals surface area contributed by atoms with Gasteiger partial charge in [0.1, 0.15) is 0 Å². The van der Waals surface area contributed by atoms with E-state index in [0.29, 0.717) is 11.6 Å². The van der Waals surface area contributed by atoms with Crippen LogP contribution in [0.15, 0.2) is 18.5 Å². The van der Waals surface area contributed by atoms with Gasteiger partial charge in [0, 0.05) is 25.9 Å². The smallest absolute Gasteiger partial charge is 0.0573 e. The third kappa shape index (κ3) is 2.39. The highest BCUT2D eigenvalue weighted by Gasteiger charge is 2.22. The maximum atomic E-state index is 8.88. The lowest BCUT2D eigenvalue weighted by Crippen LogP contribution is -2.20. The Morgan fingerprint density at radius 3 is 3.13 bits per heavy atom. The summed E-state index contributed by atoms with van der Waals surface area (Å²) in [5.41, 5.74) is 7.49. The van der Waals surface area contributed by atoms with Gasteiger partial charge in [-0.3, -0.25) is 4.98 Å². The number of hydrogen-bond donors (Lipinski definition) is 2. The van der Waals surface area contributed by atoms with Crippen molar-refractivity contribution in [3.8, 4) is 0 Å². The molecular formula is C11H17N3O. The first kappa shape index (κ1) is 10.2. The Morgan fingerprint density at radius 1 is 1.53 bits per heavy atom. The van der Waals surface area contributed by atoms with E-state index in [1.807, 2.05) is 12.3 Å². The van der Waals surface area contributed by atoms with Crippen LogP contribution in [0.3, 0.4) is 0 Å². The molecule has 1 aliphatic rings. The van der Waals surface area contributed by atoms with E-state index in [9.17, 15) is 0 Å². The predicted molar refractivity (Wildman–Crippen MR) is 60.7 cm³/mol. The van der Waals surface area contributed by atoms with E-state index in [4.69, 9.17) is 10.8 Å². The number of nitrogens with zero attached hydrogens (tertiary/aromatic N) is 2. The van der Waals surface area contributed by atoms with E-state index in [2.05, 4.69) is 9.88 Å². The Hall–Kier alpha value is -1.29. The molecule has 4 heteroatoms. The zero-order valence-corrected chi connectivity index (χ0v) is 8.76. The van der Waals surface area contributed by atoms with Crippen LogP contribution in [-0.4, -0.2) is 29.8 Å². The number of pyridine rings is 1. The quantitative estimate of drug-likeness (QED) is 0.772. The molecule has 1 aromatic heterocycles. The third-order valence-corrected chi connectivity index (χ3v) is 2.93. The van der Waals surface area contributed by atoms with Gasteiger partial charge >= 0.3 is 0 Å². The summed E-state index contributed by atoms with van der Waals surface area (Å²) in [6, 6.07) is 1.95. The highest BCUT2D eigenvalue weighted by Crippen LogP contribution is 2.25. The minimum absolute atomic E-state index is 0.285. The lowest BCUT2D eigenvalue weighted by molar-refractivity contribution is 0.263. The van der Waals surface area contributed by atoms with Crippen LogP contribution >= 0.6 is 0 Å². The van der Waals surface area contributed by atoms with Gasteiger partial charge in [-0.15, -0.1) is 0 Å². The highest BCUT2D eigenvalue weighted by molar-refractivity contribution is 5.53. The van der Waals surface area contributed by atoms with Crippen molar-refractivity contribution in [2.75, 3.05) is 30.3 Å². The Kier molecular flexibility index (Phi) is 3.06. The topological polar surface area (TPSA) is 62.4 Å². The van der Waals surface area contributed by atoms with Crippen molar-refractivity contribution in [3.63, 3.8) is 0 Å². The molecule has 82 valence electrons. The highest BCUT2D eigenvalue weighted by atomic mass is 16.3. The van der Waals surface area contributed by atoms with E-state index >= 15 is 0 Å². The van der Waals surface area contributed by atoms with Crippen molar-refractivity contribution in [1.29, 1.82) is 0 Å². The molecule has 0 saturated carbocycles. The van der Waals surface area contributed by atoms with Crippen molar-refractivity contribution in [2.45, 2.75) is 12.8 Å². The molecule has 0 aliphatic carbocycles. The van der Waals surface area contributed by atoms with Crippen LogP contribution in [0.2, 0.25) is 0 Å². The number of nitrogen functional groups attached to an aromatic ring is 1. The summed E-state index contributed by atoms with van der Waals surface area (Å²) in [5.74, 6) is 0.608. The van der Waals surface area contributed by atoms with Gasteiger partial charge in [-0.2, -0.15) is 0 Å². The molecule has 1 aromatic rings. The van der Waals surface area contributed by atoms with Gasteiger partial charge in [0.2, 0.25) is 0 Å². The molecule has 0 aromatic carbocycles. The lowest BCUT2D eigenvalue weighted by Gasteiger charge is -2.18. The number of aliphatic hydroxyl groups is 1. The second kappa shape index (κ2) is 4.49. The molecule has 3 N–H and O–H groups in total. The number of rotatable bonds is 3. The molecule has 2 heterocycles. The Labute approximate surface area is 89.7 Å². The normalized spacial score (nSPS) is 20.9. The van der Waals surface area contributed by atoms with Gasteiger partial charge in [-0.05, 0) is 24.8 Å². The van der Waals surface area contributed by atoms with Gasteiger partial charge in [0.15, 0.2) is 0 Å². The zero-order chi connectivity index (χ0) is 10.7. The van der Waals surface area contributed by atoms with E-state index in [-0.39, 0.29) is 6.61 Å². The molecule has 15 heavy (non-hydrogen) atoms. The number of aliphatic hydroxyl groups excluding tert-OH is 1. The predicted octanol–water partition coefficient (Wildman–Crippen LogP) is 0.872. The van der Waals surface area contributed by atoms with Crippen LogP contribution in [0.4, 0.5) is 11.4 Å². The first-order valence-corrected chi connectivity index (χ1v) is 5.36. The van der Waals surface area contributed by atoms with Crippen molar-refractivity contribution < 1.29 is 5.11 Å². The minimum Gasteiger partial charge on any atom is -0.397 e. The van der Waals surface area contributed by atoms with Crippen molar-refractivity contribution in [3.05, 3.63) is 18.5 Å². The van der Waals surface area contributed by atoms with E-state index in [1.54, 1.807) is 6.20 Å². The van der Waals surface area contributed by atoms with E-state index in [0.717, 1.165) is 31.6 Å². The molecule has 4 nitrogen and oxygen atoms in total. The summed E-state index contributed by atoms with van der Waals surface area (Å²) >= 11 is 0. The molecule has 0 amide bonds. The molecular weight excluding hydrogens is 190 g/mol. The summed E-state index contributed by atoms with van der Waals surface area (Å²) in [6.45, 7) is 2.33. The fourth-order valence-corrected chi connectivity index (χ4v) is 2.10. The second-order valence-corrected chi connectivity index (χ2v) is 4.09. The monoisotopic (exact) mass is 207 g/mol. The summed E-state index contributed by atoms with van der Waals surface area (Å²) in [7, 11) is 0. The molecule has 2 rings (SSSR count). The van der Waals surface area contributed by atoms with Crippen LogP contribution in [0, 0.1) is 5.92 Å². The van der Waals surface area contributed by atoms with Crippen LogP contribution in [0.25, 0.3) is 0 Å². The maximum Gasteiger partial charge on any atom is 0.0573 e. The largest absolute Gasteiger partial charge is 0.397 e. The number of aromatic nitrogens is 1. The van der Waals surface area contributed by atoms with Gasteiger partial charge in [-0.25, -0.2) is 0 Å². The molecule has 0 spiro atoms. The molecule has 1 saturated heterocycles. The third-order valence-electron chi connectivity index (χ3n) is 2.93. The summed E-state index contributed by atoms with van der Waals surface area (Å²) < 4.78 is 0. The van der Waals surface area contributed by atoms with E-state index in [1.165, 1.54) is 0 Å². The molecule has 1 atom stereocenters. The second-order valence-electron chi connectivity index (χ2n) is 4.09. The molecule has 0 bridgehead atoms. The summed E-state index contributed by atoms with van der Waals surface area (Å²) in [5, 5.41) is 8.88. The first-order valence-electron chi connectivity index (χ1n) is 5.36. The van der Waals surface area contributed by atoms with Crippen LogP contribution in [0.5, 0.6) is 0 Å². The number of nitrogens with two attached hydrogens (primary N) is 1. The van der Waals surface area contributed by atoms with Crippen LogP contribution in [-0.2, 0) is 0 Å². The van der Waals surface area contributed by atoms with Crippen molar-refractivity contribution >= 4 is 11.4 Å². The first-order chi connectivity index (χ1) is 7.29. The number of anilines is 2. The Bertz CT molecular complexity index is 329.